The van der Waals surface area contributed by atoms with Crippen molar-refractivity contribution in [2.24, 2.45) is 11.8 Å². The molecule has 0 aromatic carbocycles. The van der Waals surface area contributed by atoms with Crippen molar-refractivity contribution in [3.63, 3.8) is 0 Å². The zero-order chi connectivity index (χ0) is 13.1. The number of rotatable bonds is 3. The molecule has 3 unspecified atom stereocenters. The summed E-state index contributed by atoms with van der Waals surface area (Å²) in [6, 6.07) is 0.455. The van der Waals surface area contributed by atoms with E-state index in [1.807, 2.05) is 0 Å². The molecule has 1 spiro atoms. The van der Waals surface area contributed by atoms with Crippen LogP contribution in [0, 0.1) is 5.92 Å². The highest BCUT2D eigenvalue weighted by molar-refractivity contribution is 8.00. The van der Waals surface area contributed by atoms with Gasteiger partial charge in [-0.05, 0) is 50.2 Å². The highest BCUT2D eigenvalue weighted by Gasteiger charge is 2.43. The molecule has 3 rings (SSSR count). The number of hydrogen-bond acceptors (Lipinski definition) is 5. The Bertz CT molecular complexity index is 286. The minimum atomic E-state index is 0.0829. The minimum Gasteiger partial charge on any atom is -0.381 e. The first-order valence-electron chi connectivity index (χ1n) is 7.62. The van der Waals surface area contributed by atoms with Gasteiger partial charge in [0, 0.05) is 31.1 Å². The Labute approximate surface area is 120 Å². The number of ether oxygens (including phenoxy) is 2. The number of hydrogen-bond donors (Lipinski definition) is 2. The highest BCUT2D eigenvalue weighted by atomic mass is 32.2. The van der Waals surface area contributed by atoms with Crippen LogP contribution in [0.4, 0.5) is 0 Å². The molecule has 0 bridgehead atoms. The van der Waals surface area contributed by atoms with E-state index in [0.717, 1.165) is 45.5 Å². The third-order valence-electron chi connectivity index (χ3n) is 5.00. The van der Waals surface area contributed by atoms with Gasteiger partial charge in [-0.1, -0.05) is 0 Å². The molecule has 3 aliphatic heterocycles. The Morgan fingerprint density at radius 3 is 2.74 bits per heavy atom. The third-order valence-corrected chi connectivity index (χ3v) is 6.48. The molecule has 0 amide bonds. The SMILES string of the molecule is NNC(C1CCOC2(CCOCC2)C1)C1CCCS1. The molecule has 0 saturated carbocycles. The number of nitrogens with one attached hydrogen (secondary N) is 1. The fourth-order valence-electron chi connectivity index (χ4n) is 3.90. The van der Waals surface area contributed by atoms with Gasteiger partial charge in [0.1, 0.15) is 0 Å². The maximum atomic E-state index is 6.14. The third kappa shape index (κ3) is 3.10. The van der Waals surface area contributed by atoms with Crippen molar-refractivity contribution in [1.82, 2.24) is 5.43 Å². The van der Waals surface area contributed by atoms with Crippen LogP contribution in [-0.2, 0) is 9.47 Å². The summed E-state index contributed by atoms with van der Waals surface area (Å²) in [6.45, 7) is 2.59. The molecule has 4 nitrogen and oxygen atoms in total. The van der Waals surface area contributed by atoms with Gasteiger partial charge in [-0.15, -0.1) is 0 Å². The molecule has 19 heavy (non-hydrogen) atoms. The van der Waals surface area contributed by atoms with Gasteiger partial charge >= 0.3 is 0 Å². The van der Waals surface area contributed by atoms with Crippen molar-refractivity contribution in [2.75, 3.05) is 25.6 Å². The lowest BCUT2D eigenvalue weighted by Crippen LogP contribution is -2.53. The standard InChI is InChI=1S/C14H26N2O2S/c15-16-13(12-2-1-9-19-12)11-3-6-18-14(10-11)4-7-17-8-5-14/h11-13,16H,1-10,15H2. The molecule has 0 aromatic heterocycles. The summed E-state index contributed by atoms with van der Waals surface area (Å²) in [7, 11) is 0. The molecule has 110 valence electrons. The maximum Gasteiger partial charge on any atom is 0.0729 e. The van der Waals surface area contributed by atoms with E-state index >= 15 is 0 Å². The van der Waals surface area contributed by atoms with E-state index in [-0.39, 0.29) is 5.60 Å². The van der Waals surface area contributed by atoms with Crippen LogP contribution in [-0.4, -0.2) is 42.5 Å². The predicted octanol–water partition coefficient (Wildman–Crippen LogP) is 1.69. The van der Waals surface area contributed by atoms with Crippen LogP contribution in [0.2, 0.25) is 0 Å². The largest absolute Gasteiger partial charge is 0.381 e. The number of hydrazine groups is 1. The van der Waals surface area contributed by atoms with E-state index in [0.29, 0.717) is 17.2 Å². The summed E-state index contributed by atoms with van der Waals surface area (Å²) in [5.74, 6) is 7.83. The van der Waals surface area contributed by atoms with E-state index in [9.17, 15) is 0 Å². The van der Waals surface area contributed by atoms with Gasteiger partial charge in [-0.3, -0.25) is 11.3 Å². The van der Waals surface area contributed by atoms with Gasteiger partial charge < -0.3 is 9.47 Å². The Morgan fingerprint density at radius 1 is 1.21 bits per heavy atom. The Balaban J connectivity index is 1.65. The molecule has 0 aliphatic carbocycles. The van der Waals surface area contributed by atoms with Crippen molar-refractivity contribution < 1.29 is 9.47 Å². The lowest BCUT2D eigenvalue weighted by molar-refractivity contribution is -0.150. The molecule has 3 atom stereocenters. The molecule has 3 heterocycles. The van der Waals surface area contributed by atoms with Gasteiger partial charge in [0.2, 0.25) is 0 Å². The topological polar surface area (TPSA) is 56.5 Å². The summed E-state index contributed by atoms with van der Waals surface area (Å²) in [6.07, 6.45) is 7.07. The van der Waals surface area contributed by atoms with Crippen molar-refractivity contribution in [3.05, 3.63) is 0 Å². The van der Waals surface area contributed by atoms with Crippen molar-refractivity contribution >= 4 is 11.8 Å². The normalized spacial score (nSPS) is 36.5. The van der Waals surface area contributed by atoms with Crippen LogP contribution in [0.15, 0.2) is 0 Å². The minimum absolute atomic E-state index is 0.0829. The highest BCUT2D eigenvalue weighted by Crippen LogP contribution is 2.41. The quantitative estimate of drug-likeness (QED) is 0.611. The maximum absolute atomic E-state index is 6.14. The Morgan fingerprint density at radius 2 is 2.05 bits per heavy atom. The van der Waals surface area contributed by atoms with Crippen molar-refractivity contribution in [3.8, 4) is 0 Å². The molecule has 0 aromatic rings. The summed E-state index contributed by atoms with van der Waals surface area (Å²) >= 11 is 2.10. The summed E-state index contributed by atoms with van der Waals surface area (Å²) in [5.41, 5.74) is 3.21. The first-order valence-corrected chi connectivity index (χ1v) is 8.67. The van der Waals surface area contributed by atoms with Gasteiger partial charge in [0.15, 0.2) is 0 Å². The van der Waals surface area contributed by atoms with Crippen molar-refractivity contribution in [2.45, 2.75) is 55.4 Å². The number of nitrogens with two attached hydrogens (primary N) is 1. The second-order valence-electron chi connectivity index (χ2n) is 6.14. The van der Waals surface area contributed by atoms with Crippen LogP contribution >= 0.6 is 11.8 Å². The van der Waals surface area contributed by atoms with Gasteiger partial charge in [-0.25, -0.2) is 0 Å². The van der Waals surface area contributed by atoms with E-state index in [4.69, 9.17) is 15.3 Å². The number of thioether (sulfide) groups is 1. The van der Waals surface area contributed by atoms with Gasteiger partial charge in [0.05, 0.1) is 5.60 Å². The molecule has 3 saturated heterocycles. The molecule has 3 N–H and O–H groups in total. The smallest absolute Gasteiger partial charge is 0.0729 e. The summed E-state index contributed by atoms with van der Waals surface area (Å²) in [4.78, 5) is 0. The Hall–Kier alpha value is 0.190. The summed E-state index contributed by atoms with van der Waals surface area (Å²) < 4.78 is 11.6. The first kappa shape index (κ1) is 14.1. The van der Waals surface area contributed by atoms with E-state index in [2.05, 4.69) is 17.2 Å². The van der Waals surface area contributed by atoms with E-state index in [1.54, 1.807) is 0 Å². The Kier molecular flexibility index (Phi) is 4.70. The fraction of sp³-hybridized carbons (Fsp3) is 1.00. The van der Waals surface area contributed by atoms with Crippen LogP contribution in [0.25, 0.3) is 0 Å². The fourth-order valence-corrected chi connectivity index (χ4v) is 5.37. The molecular weight excluding hydrogens is 260 g/mol. The van der Waals surface area contributed by atoms with Crippen molar-refractivity contribution in [1.29, 1.82) is 0 Å². The van der Waals surface area contributed by atoms with Gasteiger partial charge in [-0.2, -0.15) is 11.8 Å². The second kappa shape index (κ2) is 6.31. The molecule has 0 radical (unpaired) electrons. The summed E-state index contributed by atoms with van der Waals surface area (Å²) in [5, 5.41) is 0.699. The zero-order valence-corrected chi connectivity index (χ0v) is 12.4. The predicted molar refractivity (Wildman–Crippen MR) is 78.1 cm³/mol. The van der Waals surface area contributed by atoms with Crippen LogP contribution in [0.5, 0.6) is 0 Å². The molecule has 3 fully saturated rings. The lowest BCUT2D eigenvalue weighted by Gasteiger charge is -2.46. The van der Waals surface area contributed by atoms with Crippen LogP contribution < -0.4 is 11.3 Å². The van der Waals surface area contributed by atoms with Crippen LogP contribution in [0.1, 0.15) is 38.5 Å². The van der Waals surface area contributed by atoms with E-state index < -0.39 is 0 Å². The average Bonchev–Trinajstić information content (AvgIpc) is 2.95. The van der Waals surface area contributed by atoms with Crippen LogP contribution in [0.3, 0.4) is 0 Å². The average molecular weight is 286 g/mol. The molecule has 5 heteroatoms. The monoisotopic (exact) mass is 286 g/mol. The molecule has 3 aliphatic rings. The first-order chi connectivity index (χ1) is 9.33. The van der Waals surface area contributed by atoms with Gasteiger partial charge in [0.25, 0.3) is 0 Å². The van der Waals surface area contributed by atoms with E-state index in [1.165, 1.54) is 18.6 Å². The molecular formula is C14H26N2O2S. The lowest BCUT2D eigenvalue weighted by atomic mass is 9.77. The zero-order valence-electron chi connectivity index (χ0n) is 11.6. The second-order valence-corrected chi connectivity index (χ2v) is 7.49.